The summed E-state index contributed by atoms with van der Waals surface area (Å²) in [4.78, 5) is 16.1. The Kier molecular flexibility index (Phi) is 5.88. The molecule has 5 nitrogen and oxygen atoms in total. The summed E-state index contributed by atoms with van der Waals surface area (Å²) in [6.45, 7) is 2.91. The molecule has 2 heterocycles. The molecule has 24 heavy (non-hydrogen) atoms. The van der Waals surface area contributed by atoms with E-state index in [4.69, 9.17) is 16.0 Å². The maximum absolute atomic E-state index is 11.9. The van der Waals surface area contributed by atoms with Crippen molar-refractivity contribution in [2.75, 3.05) is 19.6 Å². The number of benzene rings is 1. The van der Waals surface area contributed by atoms with Crippen molar-refractivity contribution in [3.8, 4) is 11.3 Å². The standard InChI is InChI=1S/C18H22ClN3O2/c19-15-3-1-14(2-4-15)16-12-22-18(24-16)6-5-17(23)21-10-8-13-7-9-20-11-13/h1-4,12-13,20H,5-11H2,(H,21,23). The lowest BCUT2D eigenvalue weighted by Crippen LogP contribution is -2.26. The van der Waals surface area contributed by atoms with Gasteiger partial charge in [0.2, 0.25) is 5.91 Å². The molecule has 1 aliphatic rings. The van der Waals surface area contributed by atoms with Crippen molar-refractivity contribution < 1.29 is 9.21 Å². The SMILES string of the molecule is O=C(CCc1ncc(-c2ccc(Cl)cc2)o1)NCCC1CCNC1. The summed E-state index contributed by atoms with van der Waals surface area (Å²) in [7, 11) is 0. The molecule has 1 fully saturated rings. The second-order valence-electron chi connectivity index (χ2n) is 6.12. The fourth-order valence-corrected chi connectivity index (χ4v) is 2.98. The van der Waals surface area contributed by atoms with Crippen molar-refractivity contribution >= 4 is 17.5 Å². The van der Waals surface area contributed by atoms with Gasteiger partial charge < -0.3 is 15.1 Å². The molecule has 3 rings (SSSR count). The van der Waals surface area contributed by atoms with Crippen LogP contribution in [0.25, 0.3) is 11.3 Å². The minimum atomic E-state index is 0.0483. The van der Waals surface area contributed by atoms with Crippen molar-refractivity contribution in [1.29, 1.82) is 0 Å². The van der Waals surface area contributed by atoms with Crippen LogP contribution in [0, 0.1) is 5.92 Å². The van der Waals surface area contributed by atoms with Gasteiger partial charge >= 0.3 is 0 Å². The van der Waals surface area contributed by atoms with Crippen LogP contribution in [0.3, 0.4) is 0 Å². The molecule has 6 heteroatoms. The number of carbonyl (C=O) groups excluding carboxylic acids is 1. The van der Waals surface area contributed by atoms with Crippen LogP contribution in [-0.4, -0.2) is 30.5 Å². The first-order valence-corrected chi connectivity index (χ1v) is 8.76. The molecule has 128 valence electrons. The number of nitrogens with one attached hydrogen (secondary N) is 2. The zero-order valence-corrected chi connectivity index (χ0v) is 14.3. The van der Waals surface area contributed by atoms with Crippen LogP contribution in [0.5, 0.6) is 0 Å². The molecular formula is C18H22ClN3O2. The van der Waals surface area contributed by atoms with Crippen LogP contribution in [0.1, 0.15) is 25.2 Å². The van der Waals surface area contributed by atoms with Gasteiger partial charge in [0.25, 0.3) is 0 Å². The van der Waals surface area contributed by atoms with Gasteiger partial charge in [-0.1, -0.05) is 11.6 Å². The van der Waals surface area contributed by atoms with Gasteiger partial charge in [-0.15, -0.1) is 0 Å². The quantitative estimate of drug-likeness (QED) is 0.807. The van der Waals surface area contributed by atoms with Crippen molar-refractivity contribution in [1.82, 2.24) is 15.6 Å². The van der Waals surface area contributed by atoms with E-state index in [1.807, 2.05) is 24.3 Å². The van der Waals surface area contributed by atoms with Gasteiger partial charge in [-0.3, -0.25) is 4.79 Å². The van der Waals surface area contributed by atoms with Gasteiger partial charge in [0.05, 0.1) is 6.20 Å². The van der Waals surface area contributed by atoms with Gasteiger partial charge in [-0.05, 0) is 56.1 Å². The maximum Gasteiger partial charge on any atom is 0.220 e. The minimum absolute atomic E-state index is 0.0483. The van der Waals surface area contributed by atoms with Gasteiger partial charge in [-0.25, -0.2) is 4.98 Å². The molecule has 0 bridgehead atoms. The zero-order chi connectivity index (χ0) is 16.8. The molecule has 0 radical (unpaired) electrons. The second kappa shape index (κ2) is 8.31. The van der Waals surface area contributed by atoms with E-state index in [0.717, 1.165) is 31.6 Å². The number of hydrogen-bond acceptors (Lipinski definition) is 4. The summed E-state index contributed by atoms with van der Waals surface area (Å²) >= 11 is 5.88. The second-order valence-corrected chi connectivity index (χ2v) is 6.56. The predicted molar refractivity (Wildman–Crippen MR) is 93.9 cm³/mol. The third kappa shape index (κ3) is 4.82. The first-order chi connectivity index (χ1) is 11.7. The van der Waals surface area contributed by atoms with Crippen molar-refractivity contribution in [3.63, 3.8) is 0 Å². The van der Waals surface area contributed by atoms with Gasteiger partial charge in [0.15, 0.2) is 11.7 Å². The van der Waals surface area contributed by atoms with Crippen LogP contribution >= 0.6 is 11.6 Å². The van der Waals surface area contributed by atoms with E-state index in [1.165, 1.54) is 6.42 Å². The number of rotatable bonds is 7. The number of aryl methyl sites for hydroxylation is 1. The largest absolute Gasteiger partial charge is 0.441 e. The number of oxazole rings is 1. The highest BCUT2D eigenvalue weighted by atomic mass is 35.5. The summed E-state index contributed by atoms with van der Waals surface area (Å²) in [5.41, 5.74) is 0.924. The van der Waals surface area contributed by atoms with E-state index in [0.29, 0.717) is 35.4 Å². The van der Waals surface area contributed by atoms with Crippen LogP contribution in [-0.2, 0) is 11.2 Å². The first-order valence-electron chi connectivity index (χ1n) is 8.39. The monoisotopic (exact) mass is 347 g/mol. The molecular weight excluding hydrogens is 326 g/mol. The van der Waals surface area contributed by atoms with E-state index in [9.17, 15) is 4.79 Å². The molecule has 1 unspecified atom stereocenters. The molecule has 1 aromatic heterocycles. The highest BCUT2D eigenvalue weighted by Crippen LogP contribution is 2.22. The van der Waals surface area contributed by atoms with Crippen LogP contribution in [0.2, 0.25) is 5.02 Å². The first kappa shape index (κ1) is 17.0. The lowest BCUT2D eigenvalue weighted by atomic mass is 10.1. The van der Waals surface area contributed by atoms with Crippen molar-refractivity contribution in [3.05, 3.63) is 41.4 Å². The van der Waals surface area contributed by atoms with Crippen LogP contribution < -0.4 is 10.6 Å². The molecule has 1 aliphatic heterocycles. The third-order valence-corrected chi connectivity index (χ3v) is 4.54. The summed E-state index contributed by atoms with van der Waals surface area (Å²) in [6.07, 6.45) is 4.83. The number of amides is 1. The average Bonchev–Trinajstić information content (AvgIpc) is 3.25. The van der Waals surface area contributed by atoms with E-state index >= 15 is 0 Å². The molecule has 0 saturated carbocycles. The lowest BCUT2D eigenvalue weighted by molar-refractivity contribution is -0.121. The Hall–Kier alpha value is -1.85. The third-order valence-electron chi connectivity index (χ3n) is 4.29. The smallest absolute Gasteiger partial charge is 0.220 e. The Morgan fingerprint density at radius 3 is 2.96 bits per heavy atom. The maximum atomic E-state index is 11.9. The van der Waals surface area contributed by atoms with Crippen LogP contribution in [0.4, 0.5) is 0 Å². The number of aromatic nitrogens is 1. The Morgan fingerprint density at radius 1 is 1.38 bits per heavy atom. The fourth-order valence-electron chi connectivity index (χ4n) is 2.86. The Morgan fingerprint density at radius 2 is 2.21 bits per heavy atom. The zero-order valence-electron chi connectivity index (χ0n) is 13.6. The lowest BCUT2D eigenvalue weighted by Gasteiger charge is -2.08. The summed E-state index contributed by atoms with van der Waals surface area (Å²) < 4.78 is 5.70. The summed E-state index contributed by atoms with van der Waals surface area (Å²) in [5, 5.41) is 6.99. The summed E-state index contributed by atoms with van der Waals surface area (Å²) in [6, 6.07) is 7.40. The van der Waals surface area contributed by atoms with E-state index in [1.54, 1.807) is 6.20 Å². The van der Waals surface area contributed by atoms with E-state index < -0.39 is 0 Å². The molecule has 0 aliphatic carbocycles. The van der Waals surface area contributed by atoms with Gasteiger partial charge in [0, 0.05) is 30.0 Å². The van der Waals surface area contributed by atoms with Gasteiger partial charge in [-0.2, -0.15) is 0 Å². The van der Waals surface area contributed by atoms with E-state index in [-0.39, 0.29) is 5.91 Å². The highest BCUT2D eigenvalue weighted by molar-refractivity contribution is 6.30. The Bertz CT molecular complexity index is 663. The number of carbonyl (C=O) groups is 1. The van der Waals surface area contributed by atoms with Crippen molar-refractivity contribution in [2.45, 2.75) is 25.7 Å². The molecule has 1 saturated heterocycles. The number of halogens is 1. The van der Waals surface area contributed by atoms with Crippen molar-refractivity contribution in [2.24, 2.45) is 5.92 Å². The molecule has 1 aromatic carbocycles. The molecule has 0 spiro atoms. The average molecular weight is 348 g/mol. The predicted octanol–water partition coefficient (Wildman–Crippen LogP) is 3.04. The molecule has 2 aromatic rings. The Labute approximate surface area is 146 Å². The topological polar surface area (TPSA) is 67.2 Å². The number of nitrogens with zero attached hydrogens (tertiary/aromatic N) is 1. The van der Waals surface area contributed by atoms with Gasteiger partial charge in [0.1, 0.15) is 0 Å². The summed E-state index contributed by atoms with van der Waals surface area (Å²) in [5.74, 6) is 2.01. The normalized spacial score (nSPS) is 17.1. The Balaban J connectivity index is 1.41. The highest BCUT2D eigenvalue weighted by Gasteiger charge is 2.14. The number of hydrogen-bond donors (Lipinski definition) is 2. The molecule has 2 N–H and O–H groups in total. The molecule has 1 amide bonds. The van der Waals surface area contributed by atoms with E-state index in [2.05, 4.69) is 15.6 Å². The van der Waals surface area contributed by atoms with Crippen LogP contribution in [0.15, 0.2) is 34.9 Å². The fraction of sp³-hybridized carbons (Fsp3) is 0.444. The molecule has 1 atom stereocenters. The minimum Gasteiger partial charge on any atom is -0.441 e.